The van der Waals surface area contributed by atoms with Gasteiger partial charge in [-0.25, -0.2) is 0 Å². The number of hydrogen-bond acceptors (Lipinski definition) is 2. The van der Waals surface area contributed by atoms with Crippen LogP contribution in [0.5, 0.6) is 0 Å². The van der Waals surface area contributed by atoms with Crippen LogP contribution in [-0.2, 0) is 6.54 Å². The number of benzene rings is 2. The van der Waals surface area contributed by atoms with Crippen molar-refractivity contribution in [2.24, 2.45) is 0 Å². The number of carbonyl (C=O) groups is 1. The fourth-order valence-electron chi connectivity index (χ4n) is 2.63. The molecule has 140 valence electrons. The molecule has 0 N–H and O–H groups in total. The highest BCUT2D eigenvalue weighted by atomic mass is 79.9. The van der Waals surface area contributed by atoms with Gasteiger partial charge in [0.15, 0.2) is 12.4 Å². The van der Waals surface area contributed by atoms with Crippen LogP contribution in [0.15, 0.2) is 67.0 Å². The number of aromatic nitrogens is 1. The third-order valence-corrected chi connectivity index (χ3v) is 4.91. The maximum absolute atomic E-state index is 12.4. The Bertz CT molecular complexity index is 926. The van der Waals surface area contributed by atoms with Crippen LogP contribution in [0.4, 0.5) is 5.69 Å². The Balaban J connectivity index is 0.00000261. The van der Waals surface area contributed by atoms with Crippen LogP contribution in [0.25, 0.3) is 11.1 Å². The van der Waals surface area contributed by atoms with Gasteiger partial charge in [-0.2, -0.15) is 4.57 Å². The Kier molecular flexibility index (Phi) is 7.42. The molecule has 1 heterocycles. The summed E-state index contributed by atoms with van der Waals surface area (Å²) in [5.74, 6) is -0.0170. The summed E-state index contributed by atoms with van der Waals surface area (Å²) in [5, 5.41) is 0.833. The van der Waals surface area contributed by atoms with Gasteiger partial charge in [0.2, 0.25) is 12.3 Å². The zero-order valence-electron chi connectivity index (χ0n) is 15.0. The molecule has 3 nitrogen and oxygen atoms in total. The highest BCUT2D eigenvalue weighted by molar-refractivity contribution is 6.42. The average Bonchev–Trinajstić information content (AvgIpc) is 2.64. The van der Waals surface area contributed by atoms with Crippen LogP contribution < -0.4 is 26.4 Å². The second-order valence-electron chi connectivity index (χ2n) is 6.25. The molecule has 0 saturated heterocycles. The molecule has 0 unspecified atom stereocenters. The number of hydrogen-bond donors (Lipinski definition) is 0. The lowest BCUT2D eigenvalue weighted by molar-refractivity contribution is -0.683. The third-order valence-electron chi connectivity index (χ3n) is 4.18. The lowest BCUT2D eigenvalue weighted by Gasteiger charge is -2.12. The Labute approximate surface area is 179 Å². The van der Waals surface area contributed by atoms with E-state index < -0.39 is 0 Å². The average molecular weight is 466 g/mol. The first kappa shape index (κ1) is 21.4. The van der Waals surface area contributed by atoms with E-state index in [1.54, 1.807) is 18.2 Å². The lowest BCUT2D eigenvalue weighted by Crippen LogP contribution is -3.00. The van der Waals surface area contributed by atoms with E-state index in [4.69, 9.17) is 23.2 Å². The molecule has 0 aliphatic carbocycles. The molecule has 3 aromatic rings. The summed E-state index contributed by atoms with van der Waals surface area (Å²) >= 11 is 11.9. The molecule has 6 heteroatoms. The monoisotopic (exact) mass is 464 g/mol. The maximum Gasteiger partial charge on any atom is 0.227 e. The van der Waals surface area contributed by atoms with Crippen LogP contribution in [0, 0.1) is 0 Å². The Morgan fingerprint density at radius 2 is 1.48 bits per heavy atom. The van der Waals surface area contributed by atoms with E-state index >= 15 is 0 Å². The molecule has 0 spiro atoms. The Morgan fingerprint density at radius 1 is 0.889 bits per heavy atom. The summed E-state index contributed by atoms with van der Waals surface area (Å²) in [4.78, 5) is 14.5. The van der Waals surface area contributed by atoms with Gasteiger partial charge in [0, 0.05) is 37.5 Å². The molecule has 0 saturated carbocycles. The summed E-state index contributed by atoms with van der Waals surface area (Å²) < 4.78 is 1.85. The standard InChI is InChI=1S/C21H19Cl2N2O.BrH/c1-24(2)18-6-3-15(4-7-18)16-9-11-25(12-10-16)14-21(26)17-5-8-19(22)20(23)13-17;/h3-13H,14H2,1-2H3;1H/q+1;/p-1. The van der Waals surface area contributed by atoms with Crippen molar-refractivity contribution in [1.82, 2.24) is 0 Å². The van der Waals surface area contributed by atoms with Crippen LogP contribution in [0.1, 0.15) is 10.4 Å². The van der Waals surface area contributed by atoms with E-state index in [0.29, 0.717) is 15.6 Å². The van der Waals surface area contributed by atoms with Crippen molar-refractivity contribution in [1.29, 1.82) is 0 Å². The Morgan fingerprint density at radius 3 is 2.04 bits per heavy atom. The number of carbonyl (C=O) groups excluding carboxylic acids is 1. The van der Waals surface area contributed by atoms with E-state index in [1.807, 2.05) is 43.2 Å². The van der Waals surface area contributed by atoms with Gasteiger partial charge < -0.3 is 21.9 Å². The van der Waals surface area contributed by atoms with Crippen molar-refractivity contribution in [3.05, 3.63) is 82.6 Å². The number of pyridine rings is 1. The fourth-order valence-corrected chi connectivity index (χ4v) is 2.93. The van der Waals surface area contributed by atoms with Crippen LogP contribution in [0.3, 0.4) is 0 Å². The molecular formula is C21H19BrCl2N2O. The first-order valence-corrected chi connectivity index (χ1v) is 8.95. The minimum atomic E-state index is -0.0170. The van der Waals surface area contributed by atoms with Gasteiger partial charge in [0.25, 0.3) is 0 Å². The SMILES string of the molecule is CN(C)c1ccc(-c2cc[n+](CC(=O)c3ccc(Cl)c(Cl)c3)cc2)cc1.[Br-]. The van der Waals surface area contributed by atoms with Gasteiger partial charge in [0.1, 0.15) is 0 Å². The minimum absolute atomic E-state index is 0. The molecule has 3 rings (SSSR count). The van der Waals surface area contributed by atoms with Gasteiger partial charge in [-0.1, -0.05) is 35.3 Å². The van der Waals surface area contributed by atoms with Crippen molar-refractivity contribution >= 4 is 34.7 Å². The summed E-state index contributed by atoms with van der Waals surface area (Å²) in [5.41, 5.74) is 3.95. The number of rotatable bonds is 5. The van der Waals surface area contributed by atoms with Crippen molar-refractivity contribution in [2.75, 3.05) is 19.0 Å². The van der Waals surface area contributed by atoms with Crippen molar-refractivity contribution < 1.29 is 26.3 Å². The molecule has 0 bridgehead atoms. The zero-order chi connectivity index (χ0) is 18.7. The Hall–Kier alpha value is -1.88. The number of nitrogens with zero attached hydrogens (tertiary/aromatic N) is 2. The third kappa shape index (κ3) is 5.32. The van der Waals surface area contributed by atoms with Gasteiger partial charge in [0.05, 0.1) is 10.0 Å². The van der Waals surface area contributed by atoms with Gasteiger partial charge in [-0.3, -0.25) is 4.79 Å². The molecule has 0 fully saturated rings. The van der Waals surface area contributed by atoms with Crippen molar-refractivity contribution in [3.8, 4) is 11.1 Å². The highest BCUT2D eigenvalue weighted by Crippen LogP contribution is 2.23. The predicted octanol–water partition coefficient (Wildman–Crippen LogP) is 1.90. The summed E-state index contributed by atoms with van der Waals surface area (Å²) in [6.07, 6.45) is 3.81. The maximum atomic E-state index is 12.4. The molecule has 2 aromatic carbocycles. The number of halogens is 3. The minimum Gasteiger partial charge on any atom is -1.00 e. The quantitative estimate of drug-likeness (QED) is 0.424. The summed E-state index contributed by atoms with van der Waals surface area (Å²) in [6, 6.07) is 17.3. The molecule has 27 heavy (non-hydrogen) atoms. The number of anilines is 1. The van der Waals surface area contributed by atoms with Crippen molar-refractivity contribution in [3.63, 3.8) is 0 Å². The molecule has 0 aliphatic rings. The largest absolute Gasteiger partial charge is 1.00 e. The first-order chi connectivity index (χ1) is 12.4. The molecule has 1 aromatic heterocycles. The molecule has 0 atom stereocenters. The second kappa shape index (κ2) is 9.36. The topological polar surface area (TPSA) is 24.2 Å². The molecule has 0 aliphatic heterocycles. The smallest absolute Gasteiger partial charge is 0.227 e. The summed E-state index contributed by atoms with van der Waals surface area (Å²) in [7, 11) is 4.04. The van der Waals surface area contributed by atoms with Crippen molar-refractivity contribution in [2.45, 2.75) is 6.54 Å². The normalized spacial score (nSPS) is 10.2. The lowest BCUT2D eigenvalue weighted by atomic mass is 10.1. The zero-order valence-corrected chi connectivity index (χ0v) is 18.1. The highest BCUT2D eigenvalue weighted by Gasteiger charge is 2.13. The second-order valence-corrected chi connectivity index (χ2v) is 7.07. The van der Waals surface area contributed by atoms with E-state index in [-0.39, 0.29) is 29.3 Å². The molecule has 0 amide bonds. The summed E-state index contributed by atoms with van der Waals surface area (Å²) in [6.45, 7) is 0.248. The predicted molar refractivity (Wildman–Crippen MR) is 107 cm³/mol. The van der Waals surface area contributed by atoms with E-state index in [2.05, 4.69) is 29.2 Å². The number of Topliss-reactive ketones (excluding diaryl/α,β-unsaturated/α-hetero) is 1. The van der Waals surface area contributed by atoms with Crippen LogP contribution in [0.2, 0.25) is 10.0 Å². The number of ketones is 1. The van der Waals surface area contributed by atoms with Gasteiger partial charge in [-0.15, -0.1) is 0 Å². The van der Waals surface area contributed by atoms with Gasteiger partial charge >= 0.3 is 0 Å². The first-order valence-electron chi connectivity index (χ1n) is 8.19. The molecule has 0 radical (unpaired) electrons. The van der Waals surface area contributed by atoms with Crippen LogP contribution in [-0.4, -0.2) is 19.9 Å². The van der Waals surface area contributed by atoms with Crippen LogP contribution >= 0.6 is 23.2 Å². The van der Waals surface area contributed by atoms with E-state index in [0.717, 1.165) is 16.8 Å². The van der Waals surface area contributed by atoms with E-state index in [1.165, 1.54) is 0 Å². The fraction of sp³-hybridized carbons (Fsp3) is 0.143. The molecular weight excluding hydrogens is 447 g/mol. The van der Waals surface area contributed by atoms with Gasteiger partial charge in [-0.05, 0) is 41.5 Å². The van der Waals surface area contributed by atoms with E-state index in [9.17, 15) is 4.79 Å².